The minimum atomic E-state index is -4.36. The molecule has 1 heterocycles. The van der Waals surface area contributed by atoms with Gasteiger partial charge in [-0.05, 0) is 25.1 Å². The highest BCUT2D eigenvalue weighted by Gasteiger charge is 2.28. The summed E-state index contributed by atoms with van der Waals surface area (Å²) < 4.78 is 39.8. The molecule has 0 saturated carbocycles. The van der Waals surface area contributed by atoms with Crippen LogP contribution in [0.2, 0.25) is 5.02 Å². The van der Waals surface area contributed by atoms with Crippen LogP contribution < -0.4 is 4.72 Å². The molecule has 0 spiro atoms. The second kappa shape index (κ2) is 5.34. The Morgan fingerprint density at radius 1 is 1.48 bits per heavy atom. The molecule has 7 nitrogen and oxygen atoms in total. The zero-order chi connectivity index (χ0) is 15.8. The lowest BCUT2D eigenvalue weighted by atomic mass is 10.3. The Hall–Kier alpha value is -2.13. The Balaban J connectivity index is 2.46. The number of sulfonamides is 1. The van der Waals surface area contributed by atoms with Crippen molar-refractivity contribution in [2.75, 3.05) is 4.72 Å². The smallest absolute Gasteiger partial charge is 0.340 e. The van der Waals surface area contributed by atoms with Crippen molar-refractivity contribution in [3.8, 4) is 0 Å². The Bertz CT molecular complexity index is 819. The van der Waals surface area contributed by atoms with Gasteiger partial charge in [0.15, 0.2) is 0 Å². The molecule has 0 aliphatic rings. The number of halogens is 2. The van der Waals surface area contributed by atoms with Gasteiger partial charge in [0.2, 0.25) is 5.03 Å². The number of aryl methyl sites for hydroxylation is 1. The first-order valence-corrected chi connectivity index (χ1v) is 7.34. The van der Waals surface area contributed by atoms with Crippen molar-refractivity contribution in [2.45, 2.75) is 11.9 Å². The highest BCUT2D eigenvalue weighted by atomic mass is 35.5. The molecule has 0 aliphatic carbocycles. The first-order valence-electron chi connectivity index (χ1n) is 5.48. The van der Waals surface area contributed by atoms with Crippen LogP contribution in [0, 0.1) is 12.7 Å². The number of aromatic amines is 1. The van der Waals surface area contributed by atoms with Gasteiger partial charge in [0.1, 0.15) is 11.4 Å². The summed E-state index contributed by atoms with van der Waals surface area (Å²) in [5.41, 5.74) is -0.798. The van der Waals surface area contributed by atoms with E-state index in [9.17, 15) is 17.6 Å². The topological polar surface area (TPSA) is 112 Å². The quantitative estimate of drug-likeness (QED) is 0.792. The third-order valence-corrected chi connectivity index (χ3v) is 4.09. The lowest BCUT2D eigenvalue weighted by Crippen LogP contribution is -2.17. The van der Waals surface area contributed by atoms with Gasteiger partial charge in [0.25, 0.3) is 10.0 Å². The maximum Gasteiger partial charge on any atom is 0.340 e. The average molecular weight is 334 g/mol. The van der Waals surface area contributed by atoms with Gasteiger partial charge in [0.05, 0.1) is 5.69 Å². The number of hydrogen-bond donors (Lipinski definition) is 3. The van der Waals surface area contributed by atoms with E-state index in [1.807, 2.05) is 4.72 Å². The van der Waals surface area contributed by atoms with E-state index in [-0.39, 0.29) is 16.4 Å². The zero-order valence-electron chi connectivity index (χ0n) is 10.5. The fourth-order valence-electron chi connectivity index (χ4n) is 1.62. The normalized spacial score (nSPS) is 11.4. The fourth-order valence-corrected chi connectivity index (χ4v) is 3.00. The minimum Gasteiger partial charge on any atom is -0.478 e. The van der Waals surface area contributed by atoms with Crippen molar-refractivity contribution < 1.29 is 22.7 Å². The van der Waals surface area contributed by atoms with Crippen molar-refractivity contribution in [3.05, 3.63) is 40.3 Å². The predicted molar refractivity (Wildman–Crippen MR) is 72.5 cm³/mol. The van der Waals surface area contributed by atoms with Crippen LogP contribution in [-0.2, 0) is 10.0 Å². The van der Waals surface area contributed by atoms with Gasteiger partial charge in [-0.3, -0.25) is 9.82 Å². The molecule has 0 unspecified atom stereocenters. The summed E-state index contributed by atoms with van der Waals surface area (Å²) in [4.78, 5) is 11.1. The van der Waals surface area contributed by atoms with E-state index < -0.39 is 32.4 Å². The summed E-state index contributed by atoms with van der Waals surface area (Å²) in [5.74, 6) is -2.35. The molecule has 10 heteroatoms. The van der Waals surface area contributed by atoms with E-state index in [1.165, 1.54) is 13.0 Å². The van der Waals surface area contributed by atoms with Gasteiger partial charge in [-0.1, -0.05) is 11.6 Å². The maximum atomic E-state index is 13.6. The molecule has 1 aromatic carbocycles. The first kappa shape index (κ1) is 15.3. The summed E-state index contributed by atoms with van der Waals surface area (Å²) in [6, 6.07) is 3.33. The molecule has 1 aromatic heterocycles. The standard InChI is InChI=1S/C11H9ClFN3O4S/c1-5-9(11(17)18)10(15-14-5)21(19,20)16-8-3-2-6(12)4-7(8)13/h2-4,16H,1H3,(H,14,15)(H,17,18). The summed E-state index contributed by atoms with van der Waals surface area (Å²) in [6.07, 6.45) is 0. The van der Waals surface area contributed by atoms with Crippen LogP contribution in [0.5, 0.6) is 0 Å². The monoisotopic (exact) mass is 333 g/mol. The van der Waals surface area contributed by atoms with Crippen LogP contribution in [0.4, 0.5) is 10.1 Å². The molecule has 3 N–H and O–H groups in total. The molecular formula is C11H9ClFN3O4S. The molecule has 0 fully saturated rings. The second-order valence-corrected chi connectivity index (χ2v) is 6.10. The SMILES string of the molecule is Cc1[nH]nc(S(=O)(=O)Nc2ccc(Cl)cc2F)c1C(=O)O. The number of aromatic nitrogens is 2. The van der Waals surface area contributed by atoms with Gasteiger partial charge in [-0.2, -0.15) is 13.5 Å². The molecule has 21 heavy (non-hydrogen) atoms. The van der Waals surface area contributed by atoms with E-state index in [4.69, 9.17) is 16.7 Å². The van der Waals surface area contributed by atoms with E-state index >= 15 is 0 Å². The molecule has 2 aromatic rings. The van der Waals surface area contributed by atoms with Gasteiger partial charge < -0.3 is 5.11 Å². The molecule has 0 saturated heterocycles. The number of nitrogens with one attached hydrogen (secondary N) is 2. The van der Waals surface area contributed by atoms with Crippen molar-refractivity contribution in [3.63, 3.8) is 0 Å². The molecule has 0 aliphatic heterocycles. The number of nitrogens with zero attached hydrogens (tertiary/aromatic N) is 1. The first-order chi connectivity index (χ1) is 9.72. The van der Waals surface area contributed by atoms with Crippen LogP contribution in [0.1, 0.15) is 16.1 Å². The minimum absolute atomic E-state index is 0.0689. The molecule has 0 atom stereocenters. The number of rotatable bonds is 4. The van der Waals surface area contributed by atoms with E-state index in [0.717, 1.165) is 12.1 Å². The summed E-state index contributed by atoms with van der Waals surface area (Å²) in [5, 5.41) is 14.1. The largest absolute Gasteiger partial charge is 0.478 e. The fraction of sp³-hybridized carbons (Fsp3) is 0.0909. The van der Waals surface area contributed by atoms with Crippen LogP contribution >= 0.6 is 11.6 Å². The average Bonchev–Trinajstić information content (AvgIpc) is 2.75. The molecule has 0 bridgehead atoms. The van der Waals surface area contributed by atoms with E-state index in [1.54, 1.807) is 0 Å². The summed E-state index contributed by atoms with van der Waals surface area (Å²) >= 11 is 5.56. The summed E-state index contributed by atoms with van der Waals surface area (Å²) in [7, 11) is -4.36. The van der Waals surface area contributed by atoms with Crippen LogP contribution in [-0.4, -0.2) is 29.7 Å². The third kappa shape index (κ3) is 2.98. The third-order valence-electron chi connectivity index (χ3n) is 2.56. The maximum absolute atomic E-state index is 13.6. The Morgan fingerprint density at radius 3 is 2.71 bits per heavy atom. The van der Waals surface area contributed by atoms with Gasteiger partial charge in [0, 0.05) is 10.7 Å². The van der Waals surface area contributed by atoms with Crippen LogP contribution in [0.15, 0.2) is 23.2 Å². The number of carbonyl (C=O) groups is 1. The number of anilines is 1. The van der Waals surface area contributed by atoms with Crippen molar-refractivity contribution in [1.82, 2.24) is 10.2 Å². The Morgan fingerprint density at radius 2 is 2.14 bits per heavy atom. The van der Waals surface area contributed by atoms with Gasteiger partial charge >= 0.3 is 5.97 Å². The van der Waals surface area contributed by atoms with Crippen molar-refractivity contribution in [2.24, 2.45) is 0 Å². The predicted octanol–water partition coefficient (Wildman–Crippen LogP) is 2.01. The van der Waals surface area contributed by atoms with Gasteiger partial charge in [-0.25, -0.2) is 9.18 Å². The molecule has 0 radical (unpaired) electrons. The second-order valence-electron chi connectivity index (χ2n) is 4.06. The molecule has 0 amide bonds. The van der Waals surface area contributed by atoms with Crippen molar-refractivity contribution in [1.29, 1.82) is 0 Å². The lowest BCUT2D eigenvalue weighted by Gasteiger charge is -2.07. The number of H-pyrrole nitrogens is 1. The molecule has 2 rings (SSSR count). The number of carboxylic acids is 1. The number of carboxylic acid groups (broad SMARTS) is 1. The van der Waals surface area contributed by atoms with Crippen molar-refractivity contribution >= 4 is 33.3 Å². The van der Waals surface area contributed by atoms with E-state index in [2.05, 4.69) is 10.2 Å². The highest BCUT2D eigenvalue weighted by molar-refractivity contribution is 7.92. The van der Waals surface area contributed by atoms with Gasteiger partial charge in [-0.15, -0.1) is 0 Å². The summed E-state index contributed by atoms with van der Waals surface area (Å²) in [6.45, 7) is 1.36. The number of hydrogen-bond acceptors (Lipinski definition) is 4. The van der Waals surface area contributed by atoms with Crippen LogP contribution in [0.25, 0.3) is 0 Å². The highest BCUT2D eigenvalue weighted by Crippen LogP contribution is 2.23. The Kier molecular flexibility index (Phi) is 3.88. The van der Waals surface area contributed by atoms with E-state index in [0.29, 0.717) is 0 Å². The zero-order valence-corrected chi connectivity index (χ0v) is 12.1. The van der Waals surface area contributed by atoms with Crippen LogP contribution in [0.3, 0.4) is 0 Å². The lowest BCUT2D eigenvalue weighted by molar-refractivity contribution is 0.0692. The molecular weight excluding hydrogens is 325 g/mol. The Labute approximate surface area is 123 Å². The number of benzene rings is 1. The molecule has 112 valence electrons. The number of aromatic carboxylic acids is 1.